The predicted molar refractivity (Wildman–Crippen MR) is 61.2 cm³/mol. The highest BCUT2D eigenvalue weighted by Gasteiger charge is 2.49. The van der Waals surface area contributed by atoms with Crippen LogP contribution in [-0.2, 0) is 19.1 Å². The smallest absolute Gasteiger partial charge is 0.408 e. The number of alkyl carbamates (subject to hydrolysis) is 1. The second-order valence-corrected chi connectivity index (χ2v) is 4.77. The summed E-state index contributed by atoms with van der Waals surface area (Å²) in [6.45, 7) is 4.53. The average Bonchev–Trinajstić information content (AvgIpc) is 2.11. The second-order valence-electron chi connectivity index (χ2n) is 4.77. The molecule has 2 amide bonds. The van der Waals surface area contributed by atoms with Gasteiger partial charge in [-0.05, 0) is 20.8 Å². The fourth-order valence-corrected chi connectivity index (χ4v) is 1.13. The van der Waals surface area contributed by atoms with Crippen molar-refractivity contribution in [3.05, 3.63) is 0 Å². The van der Waals surface area contributed by atoms with Gasteiger partial charge in [0.15, 0.2) is 0 Å². The third kappa shape index (κ3) is 4.82. The number of rotatable bonds is 5. The van der Waals surface area contributed by atoms with Gasteiger partial charge in [0.25, 0.3) is 5.91 Å². The summed E-state index contributed by atoms with van der Waals surface area (Å²) >= 11 is 0. The fourth-order valence-electron chi connectivity index (χ4n) is 1.13. The van der Waals surface area contributed by atoms with Crippen LogP contribution in [0.1, 0.15) is 27.2 Å². The number of amides is 2. The van der Waals surface area contributed by atoms with Gasteiger partial charge in [0.05, 0.1) is 6.42 Å². The first kappa shape index (κ1) is 16.7. The molecular weight excluding hydrogens is 260 g/mol. The predicted octanol–water partition coefficient (Wildman–Crippen LogP) is -0.705. The number of nitrogens with two attached hydrogens (primary N) is 1. The van der Waals surface area contributed by atoms with Gasteiger partial charge in [0.1, 0.15) is 5.60 Å². The standard InChI is InChI=1S/C10H16N2O7/c1-9(2,3)19-8(18)12-10(6(11)15,7(16)17)4-5(13)14/h4H2,1-3H3,(H2,11,15)(H,12,18)(H,13,14)(H,16,17). The van der Waals surface area contributed by atoms with Crippen molar-refractivity contribution in [2.75, 3.05) is 0 Å². The van der Waals surface area contributed by atoms with Gasteiger partial charge in [-0.3, -0.25) is 14.9 Å². The van der Waals surface area contributed by atoms with E-state index in [2.05, 4.69) is 0 Å². The molecule has 0 heterocycles. The summed E-state index contributed by atoms with van der Waals surface area (Å²) in [7, 11) is 0. The minimum Gasteiger partial charge on any atom is -0.481 e. The van der Waals surface area contributed by atoms with Crippen molar-refractivity contribution in [2.24, 2.45) is 5.73 Å². The maximum absolute atomic E-state index is 11.5. The largest absolute Gasteiger partial charge is 0.481 e. The van der Waals surface area contributed by atoms with Gasteiger partial charge in [0, 0.05) is 0 Å². The molecule has 0 aliphatic rings. The third-order valence-corrected chi connectivity index (χ3v) is 1.92. The number of carbonyl (C=O) groups excluding carboxylic acids is 2. The third-order valence-electron chi connectivity index (χ3n) is 1.92. The van der Waals surface area contributed by atoms with Crippen LogP contribution >= 0.6 is 0 Å². The summed E-state index contributed by atoms with van der Waals surface area (Å²) < 4.78 is 4.76. The molecule has 9 heteroatoms. The lowest BCUT2D eigenvalue weighted by molar-refractivity contribution is -0.155. The van der Waals surface area contributed by atoms with Crippen LogP contribution in [0, 0.1) is 0 Å². The number of hydrogen-bond donors (Lipinski definition) is 4. The van der Waals surface area contributed by atoms with E-state index in [4.69, 9.17) is 20.7 Å². The molecule has 0 saturated carbocycles. The Kier molecular flexibility index (Phi) is 4.87. The summed E-state index contributed by atoms with van der Waals surface area (Å²) in [5.41, 5.74) is 1.17. The Bertz CT molecular complexity index is 397. The lowest BCUT2D eigenvalue weighted by Crippen LogP contribution is -2.64. The summed E-state index contributed by atoms with van der Waals surface area (Å²) in [5.74, 6) is -5.00. The van der Waals surface area contributed by atoms with E-state index in [1.807, 2.05) is 0 Å². The van der Waals surface area contributed by atoms with Crippen molar-refractivity contribution in [1.82, 2.24) is 5.32 Å². The van der Waals surface area contributed by atoms with E-state index in [-0.39, 0.29) is 0 Å². The molecule has 0 rings (SSSR count). The van der Waals surface area contributed by atoms with E-state index < -0.39 is 41.5 Å². The van der Waals surface area contributed by atoms with Crippen molar-refractivity contribution in [2.45, 2.75) is 38.3 Å². The number of carboxylic acid groups (broad SMARTS) is 2. The number of carbonyl (C=O) groups is 4. The van der Waals surface area contributed by atoms with E-state index in [1.54, 1.807) is 5.32 Å². The highest BCUT2D eigenvalue weighted by Crippen LogP contribution is 2.14. The molecule has 1 unspecified atom stereocenters. The molecule has 108 valence electrons. The molecule has 0 aliphatic carbocycles. The van der Waals surface area contributed by atoms with Gasteiger partial charge in [-0.1, -0.05) is 0 Å². The summed E-state index contributed by atoms with van der Waals surface area (Å²) in [6.07, 6.45) is -2.45. The maximum atomic E-state index is 11.5. The topological polar surface area (TPSA) is 156 Å². The van der Waals surface area contributed by atoms with Gasteiger partial charge in [-0.15, -0.1) is 0 Å². The molecule has 0 aromatic carbocycles. The van der Waals surface area contributed by atoms with Crippen LogP contribution in [0.25, 0.3) is 0 Å². The average molecular weight is 276 g/mol. The molecular formula is C10H16N2O7. The molecule has 0 aromatic rings. The lowest BCUT2D eigenvalue weighted by Gasteiger charge is -2.27. The molecule has 5 N–H and O–H groups in total. The van der Waals surface area contributed by atoms with Gasteiger partial charge in [-0.25, -0.2) is 9.59 Å². The van der Waals surface area contributed by atoms with Gasteiger partial charge < -0.3 is 20.7 Å². The summed E-state index contributed by atoms with van der Waals surface area (Å²) in [5, 5.41) is 19.3. The Hall–Kier alpha value is -2.32. The van der Waals surface area contributed by atoms with Crippen LogP contribution in [-0.4, -0.2) is 45.3 Å². The Labute approximate surface area is 108 Å². The molecule has 0 aliphatic heterocycles. The quantitative estimate of drug-likeness (QED) is 0.483. The number of nitrogens with one attached hydrogen (secondary N) is 1. The van der Waals surface area contributed by atoms with Crippen LogP contribution in [0.5, 0.6) is 0 Å². The zero-order chi connectivity index (χ0) is 15.4. The van der Waals surface area contributed by atoms with Crippen molar-refractivity contribution < 1.29 is 34.1 Å². The summed E-state index contributed by atoms with van der Waals surface area (Å²) in [4.78, 5) is 44.4. The molecule has 0 aromatic heterocycles. The van der Waals surface area contributed by atoms with Gasteiger partial charge in [0.2, 0.25) is 5.54 Å². The molecule has 9 nitrogen and oxygen atoms in total. The number of hydrogen-bond acceptors (Lipinski definition) is 5. The Morgan fingerprint density at radius 2 is 1.63 bits per heavy atom. The van der Waals surface area contributed by atoms with Crippen LogP contribution in [0.3, 0.4) is 0 Å². The minimum absolute atomic E-state index is 0.949. The fraction of sp³-hybridized carbons (Fsp3) is 0.600. The van der Waals surface area contributed by atoms with Crippen LogP contribution in [0.2, 0.25) is 0 Å². The maximum Gasteiger partial charge on any atom is 0.408 e. The number of primary amides is 1. The number of ether oxygens (including phenoxy) is 1. The van der Waals surface area contributed by atoms with Crippen molar-refractivity contribution in [1.29, 1.82) is 0 Å². The molecule has 0 fully saturated rings. The molecule has 19 heavy (non-hydrogen) atoms. The normalized spacial score (nSPS) is 14.1. The van der Waals surface area contributed by atoms with Crippen molar-refractivity contribution in [3.8, 4) is 0 Å². The number of carboxylic acids is 2. The van der Waals surface area contributed by atoms with Gasteiger partial charge >= 0.3 is 18.0 Å². The second kappa shape index (κ2) is 5.55. The SMILES string of the molecule is CC(C)(C)OC(=O)NC(CC(=O)O)(C(N)=O)C(=O)O. The van der Waals surface area contributed by atoms with Crippen molar-refractivity contribution in [3.63, 3.8) is 0 Å². The molecule has 0 spiro atoms. The first-order valence-corrected chi connectivity index (χ1v) is 5.17. The molecule has 1 atom stereocenters. The van der Waals surface area contributed by atoms with E-state index in [0.717, 1.165) is 0 Å². The van der Waals surface area contributed by atoms with E-state index in [1.165, 1.54) is 20.8 Å². The first-order chi connectivity index (χ1) is 8.40. The van der Waals surface area contributed by atoms with E-state index >= 15 is 0 Å². The first-order valence-electron chi connectivity index (χ1n) is 5.17. The Morgan fingerprint density at radius 1 is 1.16 bits per heavy atom. The Morgan fingerprint density at radius 3 is 1.89 bits per heavy atom. The molecule has 0 bridgehead atoms. The lowest BCUT2D eigenvalue weighted by atomic mass is 9.94. The van der Waals surface area contributed by atoms with Crippen molar-refractivity contribution >= 4 is 23.9 Å². The zero-order valence-corrected chi connectivity index (χ0v) is 10.7. The minimum atomic E-state index is -2.76. The number of aliphatic carboxylic acids is 2. The van der Waals surface area contributed by atoms with E-state index in [0.29, 0.717) is 0 Å². The van der Waals surface area contributed by atoms with Crippen LogP contribution < -0.4 is 11.1 Å². The molecule has 0 saturated heterocycles. The zero-order valence-electron chi connectivity index (χ0n) is 10.7. The molecule has 0 radical (unpaired) electrons. The van der Waals surface area contributed by atoms with Crippen LogP contribution in [0.4, 0.5) is 4.79 Å². The monoisotopic (exact) mass is 276 g/mol. The Balaban J connectivity index is 5.27. The van der Waals surface area contributed by atoms with Crippen LogP contribution in [0.15, 0.2) is 0 Å². The highest BCUT2D eigenvalue weighted by atomic mass is 16.6. The summed E-state index contributed by atoms with van der Waals surface area (Å²) in [6, 6.07) is 0. The van der Waals surface area contributed by atoms with E-state index in [9.17, 15) is 19.2 Å². The highest BCUT2D eigenvalue weighted by molar-refractivity contribution is 6.10. The van der Waals surface area contributed by atoms with Gasteiger partial charge in [-0.2, -0.15) is 0 Å².